The van der Waals surface area contributed by atoms with Gasteiger partial charge in [-0.2, -0.15) is 0 Å². The highest BCUT2D eigenvalue weighted by Crippen LogP contribution is 2.15. The predicted molar refractivity (Wildman–Crippen MR) is 66.2 cm³/mol. The van der Waals surface area contributed by atoms with Gasteiger partial charge in [-0.15, -0.1) is 0 Å². The third-order valence-electron chi connectivity index (χ3n) is 2.65. The van der Waals surface area contributed by atoms with E-state index in [1.165, 1.54) is 0 Å². The van der Waals surface area contributed by atoms with Gasteiger partial charge in [0.05, 0.1) is 24.7 Å². The van der Waals surface area contributed by atoms with Crippen LogP contribution >= 0.6 is 0 Å². The first-order valence-electron chi connectivity index (χ1n) is 5.84. The van der Waals surface area contributed by atoms with Gasteiger partial charge in [-0.05, 0) is 26.0 Å². The first-order chi connectivity index (χ1) is 8.72. The third-order valence-corrected chi connectivity index (χ3v) is 2.65. The first-order valence-corrected chi connectivity index (χ1v) is 5.84. The molecule has 2 heterocycles. The average Bonchev–Trinajstić information content (AvgIpc) is 2.89. The molecule has 94 valence electrons. The Labute approximate surface area is 105 Å². The normalized spacial score (nSPS) is 12.1. The summed E-state index contributed by atoms with van der Waals surface area (Å²) in [4.78, 5) is 19.8. The number of rotatable bonds is 4. The van der Waals surface area contributed by atoms with Crippen molar-refractivity contribution in [2.75, 3.05) is 6.61 Å². The molecule has 0 bridgehead atoms. The predicted octanol–water partition coefficient (Wildman–Crippen LogP) is 2.06. The van der Waals surface area contributed by atoms with Gasteiger partial charge in [0.25, 0.3) is 0 Å². The molecule has 0 radical (unpaired) electrons. The Morgan fingerprint density at radius 2 is 2.28 bits per heavy atom. The lowest BCUT2D eigenvalue weighted by Crippen LogP contribution is -2.07. The monoisotopic (exact) mass is 245 g/mol. The zero-order valence-corrected chi connectivity index (χ0v) is 10.4. The summed E-state index contributed by atoms with van der Waals surface area (Å²) in [5.74, 6) is -0.399. The van der Waals surface area contributed by atoms with Crippen molar-refractivity contribution in [3.8, 4) is 0 Å². The Morgan fingerprint density at radius 1 is 1.44 bits per heavy atom. The fourth-order valence-electron chi connectivity index (χ4n) is 1.63. The molecule has 0 aliphatic carbocycles. The van der Waals surface area contributed by atoms with Crippen molar-refractivity contribution in [3.63, 3.8) is 0 Å². The molecule has 0 fully saturated rings. The van der Waals surface area contributed by atoms with Crippen LogP contribution in [0.3, 0.4) is 0 Å². The molecule has 0 N–H and O–H groups in total. The van der Waals surface area contributed by atoms with Gasteiger partial charge >= 0.3 is 5.97 Å². The van der Waals surface area contributed by atoms with E-state index < -0.39 is 5.97 Å². The number of hydrogen-bond donors (Lipinski definition) is 0. The second-order valence-electron chi connectivity index (χ2n) is 3.86. The highest BCUT2D eigenvalue weighted by Gasteiger charge is 2.14. The molecule has 18 heavy (non-hydrogen) atoms. The van der Waals surface area contributed by atoms with Gasteiger partial charge in [-0.1, -0.05) is 6.07 Å². The summed E-state index contributed by atoms with van der Waals surface area (Å²) in [5.41, 5.74) is 1.24. The minimum atomic E-state index is -0.399. The van der Waals surface area contributed by atoms with E-state index in [1.807, 2.05) is 29.7 Å². The van der Waals surface area contributed by atoms with Crippen LogP contribution in [0.4, 0.5) is 0 Å². The molecule has 0 spiro atoms. The van der Waals surface area contributed by atoms with E-state index in [4.69, 9.17) is 4.74 Å². The SMILES string of the molecule is CCOC(=O)c1cn(C(C)c2ccccn2)cn1. The molecule has 1 atom stereocenters. The maximum atomic E-state index is 11.5. The number of ether oxygens (including phenoxy) is 1. The van der Waals surface area contributed by atoms with Gasteiger partial charge < -0.3 is 9.30 Å². The number of carbonyl (C=O) groups excluding carboxylic acids is 1. The van der Waals surface area contributed by atoms with Gasteiger partial charge in [0.15, 0.2) is 5.69 Å². The van der Waals surface area contributed by atoms with Crippen molar-refractivity contribution in [3.05, 3.63) is 48.3 Å². The van der Waals surface area contributed by atoms with Crippen molar-refractivity contribution < 1.29 is 9.53 Å². The van der Waals surface area contributed by atoms with Gasteiger partial charge in [0, 0.05) is 12.4 Å². The molecular formula is C13H15N3O2. The minimum Gasteiger partial charge on any atom is -0.461 e. The molecule has 0 aliphatic heterocycles. The van der Waals surface area contributed by atoms with Crippen LogP contribution in [-0.2, 0) is 4.74 Å². The van der Waals surface area contributed by atoms with Crippen LogP contribution in [0.25, 0.3) is 0 Å². The summed E-state index contributed by atoms with van der Waals surface area (Å²) in [6, 6.07) is 5.77. The molecule has 5 nitrogen and oxygen atoms in total. The van der Waals surface area contributed by atoms with E-state index in [-0.39, 0.29) is 6.04 Å². The van der Waals surface area contributed by atoms with Crippen molar-refractivity contribution in [2.45, 2.75) is 19.9 Å². The molecule has 0 saturated heterocycles. The van der Waals surface area contributed by atoms with Crippen molar-refractivity contribution in [1.29, 1.82) is 0 Å². The molecule has 1 unspecified atom stereocenters. The van der Waals surface area contributed by atoms with Gasteiger partial charge in [-0.3, -0.25) is 4.98 Å². The highest BCUT2D eigenvalue weighted by atomic mass is 16.5. The third kappa shape index (κ3) is 2.56. The Hall–Kier alpha value is -2.17. The van der Waals surface area contributed by atoms with Crippen LogP contribution in [0.2, 0.25) is 0 Å². The maximum Gasteiger partial charge on any atom is 0.358 e. The molecule has 5 heteroatoms. The van der Waals surface area contributed by atoms with Crippen molar-refractivity contribution in [2.24, 2.45) is 0 Å². The van der Waals surface area contributed by atoms with Gasteiger partial charge in [0.2, 0.25) is 0 Å². The lowest BCUT2D eigenvalue weighted by atomic mass is 10.2. The molecule has 0 aromatic carbocycles. The Morgan fingerprint density at radius 3 is 2.94 bits per heavy atom. The standard InChI is InChI=1S/C13H15N3O2/c1-3-18-13(17)12-8-16(9-15-12)10(2)11-6-4-5-7-14-11/h4-10H,3H2,1-2H3. The fourth-order valence-corrected chi connectivity index (χ4v) is 1.63. The second kappa shape index (κ2) is 5.44. The summed E-state index contributed by atoms with van der Waals surface area (Å²) < 4.78 is 6.74. The van der Waals surface area contributed by atoms with E-state index >= 15 is 0 Å². The summed E-state index contributed by atoms with van der Waals surface area (Å²) in [7, 11) is 0. The quantitative estimate of drug-likeness (QED) is 0.774. The number of aromatic nitrogens is 3. The second-order valence-corrected chi connectivity index (χ2v) is 3.86. The molecule has 0 amide bonds. The van der Waals surface area contributed by atoms with E-state index in [1.54, 1.807) is 25.6 Å². The zero-order chi connectivity index (χ0) is 13.0. The van der Waals surface area contributed by atoms with Crippen molar-refractivity contribution >= 4 is 5.97 Å². The number of esters is 1. The number of nitrogens with zero attached hydrogens (tertiary/aromatic N) is 3. The van der Waals surface area contributed by atoms with E-state index in [9.17, 15) is 4.79 Å². The molecular weight excluding hydrogens is 230 g/mol. The molecule has 2 aromatic heterocycles. The summed E-state index contributed by atoms with van der Waals surface area (Å²) >= 11 is 0. The van der Waals surface area contributed by atoms with E-state index in [2.05, 4.69) is 9.97 Å². The number of hydrogen-bond acceptors (Lipinski definition) is 4. The van der Waals surface area contributed by atoms with Crippen LogP contribution in [0.1, 0.15) is 36.1 Å². The number of imidazole rings is 1. The van der Waals surface area contributed by atoms with Crippen LogP contribution in [0, 0.1) is 0 Å². The number of carbonyl (C=O) groups is 1. The van der Waals surface area contributed by atoms with Crippen LogP contribution in [-0.4, -0.2) is 27.1 Å². The largest absolute Gasteiger partial charge is 0.461 e. The van der Waals surface area contributed by atoms with E-state index in [0.717, 1.165) is 5.69 Å². The molecule has 0 aliphatic rings. The van der Waals surface area contributed by atoms with Crippen molar-refractivity contribution in [1.82, 2.24) is 14.5 Å². The first kappa shape index (κ1) is 12.3. The van der Waals surface area contributed by atoms with Gasteiger partial charge in [0.1, 0.15) is 0 Å². The lowest BCUT2D eigenvalue weighted by molar-refractivity contribution is 0.0520. The fraction of sp³-hybridized carbons (Fsp3) is 0.308. The Kier molecular flexibility index (Phi) is 3.72. The number of pyridine rings is 1. The minimum absolute atomic E-state index is 0.0295. The van der Waals surface area contributed by atoms with Crippen LogP contribution in [0.15, 0.2) is 36.9 Å². The summed E-state index contributed by atoms with van der Waals surface area (Å²) in [5, 5.41) is 0. The smallest absolute Gasteiger partial charge is 0.358 e. The zero-order valence-electron chi connectivity index (χ0n) is 10.4. The Bertz CT molecular complexity index is 522. The molecule has 0 saturated carbocycles. The molecule has 2 aromatic rings. The summed E-state index contributed by atoms with van der Waals surface area (Å²) in [6.07, 6.45) is 5.04. The Balaban J connectivity index is 2.17. The highest BCUT2D eigenvalue weighted by molar-refractivity contribution is 5.86. The lowest BCUT2D eigenvalue weighted by Gasteiger charge is -2.11. The topological polar surface area (TPSA) is 57.0 Å². The van der Waals surface area contributed by atoms with Gasteiger partial charge in [-0.25, -0.2) is 9.78 Å². The molecule has 2 rings (SSSR count). The van der Waals surface area contributed by atoms with Crippen LogP contribution in [0.5, 0.6) is 0 Å². The summed E-state index contributed by atoms with van der Waals surface area (Å²) in [6.45, 7) is 4.12. The van der Waals surface area contributed by atoms with Crippen LogP contribution < -0.4 is 0 Å². The van der Waals surface area contributed by atoms with E-state index in [0.29, 0.717) is 12.3 Å². The average molecular weight is 245 g/mol. The maximum absolute atomic E-state index is 11.5.